The molecule has 0 spiro atoms. The van der Waals surface area contributed by atoms with Crippen LogP contribution in [0.1, 0.15) is 12.8 Å². The van der Waals surface area contributed by atoms with E-state index in [2.05, 4.69) is 33.3 Å². The second-order valence-electron chi connectivity index (χ2n) is 4.83. The zero-order chi connectivity index (χ0) is 12.4. The van der Waals surface area contributed by atoms with Crippen molar-refractivity contribution in [3.8, 4) is 0 Å². The summed E-state index contributed by atoms with van der Waals surface area (Å²) in [4.78, 5) is 11.1. The summed E-state index contributed by atoms with van der Waals surface area (Å²) in [5, 5.41) is 4.58. The summed E-state index contributed by atoms with van der Waals surface area (Å²) >= 11 is 0. The lowest BCUT2D eigenvalue weighted by Gasteiger charge is -2.33. The molecule has 1 atom stereocenters. The number of para-hydroxylation sites is 1. The topological polar surface area (TPSA) is 41.1 Å². The molecule has 1 unspecified atom stereocenters. The molecule has 1 fully saturated rings. The first-order valence-corrected chi connectivity index (χ1v) is 6.49. The van der Waals surface area contributed by atoms with E-state index in [1.54, 1.807) is 6.33 Å². The molecule has 2 aromatic rings. The van der Waals surface area contributed by atoms with Crippen molar-refractivity contribution in [2.75, 3.05) is 25.0 Å². The van der Waals surface area contributed by atoms with Gasteiger partial charge in [-0.2, -0.15) is 0 Å². The van der Waals surface area contributed by atoms with Crippen LogP contribution in [0.3, 0.4) is 0 Å². The number of fused-ring (bicyclic) bond motifs is 1. The number of likely N-dealkylation sites (N-methyl/N-ethyl adjacent to an activating group) is 1. The third kappa shape index (κ3) is 2.04. The molecule has 3 rings (SSSR count). The highest BCUT2D eigenvalue weighted by atomic mass is 15.2. The summed E-state index contributed by atoms with van der Waals surface area (Å²) in [6, 6.07) is 8.71. The van der Waals surface area contributed by atoms with Gasteiger partial charge in [0.25, 0.3) is 0 Å². The predicted octanol–water partition coefficient (Wildman–Crippen LogP) is 1.82. The highest BCUT2D eigenvalue weighted by Gasteiger charge is 2.20. The SMILES string of the molecule is CN(c1ncnc2ccccc12)C1CCCNC1. The molecule has 1 aliphatic rings. The Labute approximate surface area is 107 Å². The lowest BCUT2D eigenvalue weighted by atomic mass is 10.1. The van der Waals surface area contributed by atoms with E-state index in [9.17, 15) is 0 Å². The Hall–Kier alpha value is -1.68. The summed E-state index contributed by atoms with van der Waals surface area (Å²) in [6.07, 6.45) is 4.12. The van der Waals surface area contributed by atoms with Crippen molar-refractivity contribution in [1.29, 1.82) is 0 Å². The average Bonchev–Trinajstić information content (AvgIpc) is 2.47. The fraction of sp³-hybridized carbons (Fsp3) is 0.429. The maximum atomic E-state index is 4.47. The summed E-state index contributed by atoms with van der Waals surface area (Å²) in [6.45, 7) is 2.17. The maximum Gasteiger partial charge on any atom is 0.139 e. The van der Waals surface area contributed by atoms with E-state index in [4.69, 9.17) is 0 Å². The molecule has 1 N–H and O–H groups in total. The molecule has 1 aliphatic heterocycles. The average molecular weight is 242 g/mol. The molecule has 94 valence electrons. The van der Waals surface area contributed by atoms with Gasteiger partial charge in [-0.05, 0) is 31.5 Å². The number of nitrogens with one attached hydrogen (secondary N) is 1. The van der Waals surface area contributed by atoms with Crippen LogP contribution in [-0.2, 0) is 0 Å². The van der Waals surface area contributed by atoms with Gasteiger partial charge in [0, 0.05) is 25.0 Å². The van der Waals surface area contributed by atoms with Gasteiger partial charge in [0.05, 0.1) is 5.52 Å². The van der Waals surface area contributed by atoms with Crippen molar-refractivity contribution in [3.05, 3.63) is 30.6 Å². The van der Waals surface area contributed by atoms with Crippen molar-refractivity contribution in [2.45, 2.75) is 18.9 Å². The van der Waals surface area contributed by atoms with Crippen LogP contribution in [-0.4, -0.2) is 36.1 Å². The van der Waals surface area contributed by atoms with Crippen molar-refractivity contribution < 1.29 is 0 Å². The normalized spacial score (nSPS) is 19.9. The lowest BCUT2D eigenvalue weighted by Crippen LogP contribution is -2.44. The predicted molar refractivity (Wildman–Crippen MR) is 73.8 cm³/mol. The van der Waals surface area contributed by atoms with Crippen LogP contribution in [0.25, 0.3) is 10.9 Å². The van der Waals surface area contributed by atoms with Crippen LogP contribution in [0, 0.1) is 0 Å². The van der Waals surface area contributed by atoms with E-state index in [0.717, 1.165) is 29.8 Å². The van der Waals surface area contributed by atoms with E-state index in [1.165, 1.54) is 12.8 Å². The van der Waals surface area contributed by atoms with Crippen molar-refractivity contribution in [1.82, 2.24) is 15.3 Å². The van der Waals surface area contributed by atoms with Crippen LogP contribution < -0.4 is 10.2 Å². The van der Waals surface area contributed by atoms with E-state index < -0.39 is 0 Å². The fourth-order valence-electron chi connectivity index (χ4n) is 2.61. The van der Waals surface area contributed by atoms with E-state index in [0.29, 0.717) is 6.04 Å². The molecule has 18 heavy (non-hydrogen) atoms. The third-order valence-corrected chi connectivity index (χ3v) is 3.67. The molecule has 4 heteroatoms. The molecule has 0 radical (unpaired) electrons. The second-order valence-corrected chi connectivity index (χ2v) is 4.83. The van der Waals surface area contributed by atoms with Gasteiger partial charge in [0.15, 0.2) is 0 Å². The van der Waals surface area contributed by atoms with E-state index in [-0.39, 0.29) is 0 Å². The van der Waals surface area contributed by atoms with Crippen LogP contribution in [0.4, 0.5) is 5.82 Å². The molecule has 2 heterocycles. The molecule has 4 nitrogen and oxygen atoms in total. The summed E-state index contributed by atoms with van der Waals surface area (Å²) in [7, 11) is 2.13. The Bertz CT molecular complexity index is 529. The monoisotopic (exact) mass is 242 g/mol. The molecular formula is C14H18N4. The smallest absolute Gasteiger partial charge is 0.139 e. The maximum absolute atomic E-state index is 4.47. The van der Waals surface area contributed by atoms with Crippen LogP contribution in [0.15, 0.2) is 30.6 Å². The quantitative estimate of drug-likeness (QED) is 0.872. The zero-order valence-electron chi connectivity index (χ0n) is 10.6. The Morgan fingerprint density at radius 1 is 1.28 bits per heavy atom. The van der Waals surface area contributed by atoms with Crippen LogP contribution in [0.2, 0.25) is 0 Å². The summed E-state index contributed by atoms with van der Waals surface area (Å²) in [5.74, 6) is 1.04. The molecule has 1 aromatic heterocycles. The number of aromatic nitrogens is 2. The molecule has 0 bridgehead atoms. The van der Waals surface area contributed by atoms with E-state index >= 15 is 0 Å². The summed E-state index contributed by atoms with van der Waals surface area (Å²) in [5.41, 5.74) is 1.01. The zero-order valence-corrected chi connectivity index (χ0v) is 10.6. The lowest BCUT2D eigenvalue weighted by molar-refractivity contribution is 0.444. The number of hydrogen-bond donors (Lipinski definition) is 1. The van der Waals surface area contributed by atoms with Gasteiger partial charge in [-0.1, -0.05) is 12.1 Å². The van der Waals surface area contributed by atoms with Crippen LogP contribution in [0.5, 0.6) is 0 Å². The number of nitrogens with zero attached hydrogens (tertiary/aromatic N) is 3. The highest BCUT2D eigenvalue weighted by Crippen LogP contribution is 2.24. The Morgan fingerprint density at radius 2 is 2.17 bits per heavy atom. The number of rotatable bonds is 2. The molecule has 0 saturated carbocycles. The fourth-order valence-corrected chi connectivity index (χ4v) is 2.61. The molecule has 0 aliphatic carbocycles. The largest absolute Gasteiger partial charge is 0.355 e. The minimum Gasteiger partial charge on any atom is -0.355 e. The number of anilines is 1. The standard InChI is InChI=1S/C14H18N4/c1-18(11-5-4-8-15-9-11)14-12-6-2-3-7-13(12)16-10-17-14/h2-3,6-7,10-11,15H,4-5,8-9H2,1H3. The van der Waals surface area contributed by atoms with Crippen molar-refractivity contribution in [3.63, 3.8) is 0 Å². The van der Waals surface area contributed by atoms with Gasteiger partial charge >= 0.3 is 0 Å². The molecular weight excluding hydrogens is 224 g/mol. The van der Waals surface area contributed by atoms with Crippen LogP contribution >= 0.6 is 0 Å². The number of piperidine rings is 1. The summed E-state index contributed by atoms with van der Waals surface area (Å²) < 4.78 is 0. The highest BCUT2D eigenvalue weighted by molar-refractivity contribution is 5.89. The van der Waals surface area contributed by atoms with Gasteiger partial charge in [-0.3, -0.25) is 0 Å². The first-order chi connectivity index (χ1) is 8.86. The van der Waals surface area contributed by atoms with Gasteiger partial charge < -0.3 is 10.2 Å². The Balaban J connectivity index is 1.97. The van der Waals surface area contributed by atoms with Crippen molar-refractivity contribution >= 4 is 16.7 Å². The Morgan fingerprint density at radius 3 is 3.00 bits per heavy atom. The second kappa shape index (κ2) is 4.90. The molecule has 1 saturated heterocycles. The first-order valence-electron chi connectivity index (χ1n) is 6.49. The van der Waals surface area contributed by atoms with E-state index in [1.807, 2.05) is 18.2 Å². The minimum atomic E-state index is 0.525. The third-order valence-electron chi connectivity index (χ3n) is 3.67. The number of benzene rings is 1. The van der Waals surface area contributed by atoms with Gasteiger partial charge in [0.2, 0.25) is 0 Å². The first kappa shape index (κ1) is 11.4. The minimum absolute atomic E-state index is 0.525. The number of hydrogen-bond acceptors (Lipinski definition) is 4. The molecule has 0 amide bonds. The van der Waals surface area contributed by atoms with Gasteiger partial charge in [-0.25, -0.2) is 9.97 Å². The van der Waals surface area contributed by atoms with Gasteiger partial charge in [0.1, 0.15) is 12.1 Å². The molecule has 1 aromatic carbocycles. The van der Waals surface area contributed by atoms with Gasteiger partial charge in [-0.15, -0.1) is 0 Å². The Kier molecular flexibility index (Phi) is 3.11. The van der Waals surface area contributed by atoms with Crippen molar-refractivity contribution in [2.24, 2.45) is 0 Å².